The molecule has 0 saturated heterocycles. The molecule has 1 aromatic heterocycles. The van der Waals surface area contributed by atoms with Crippen molar-refractivity contribution in [2.24, 2.45) is 0 Å². The van der Waals surface area contributed by atoms with Gasteiger partial charge in [-0.05, 0) is 20.3 Å². The Balaban J connectivity index is 3.12. The van der Waals surface area contributed by atoms with E-state index in [0.29, 0.717) is 12.3 Å². The highest BCUT2D eigenvalue weighted by Gasteiger charge is 2.21. The third-order valence-electron chi connectivity index (χ3n) is 2.52. The first-order valence-corrected chi connectivity index (χ1v) is 7.81. The molecular weight excluding hydrogens is 264 g/mol. The summed E-state index contributed by atoms with van der Waals surface area (Å²) in [5.41, 5.74) is 0.363. The number of hydrogen-bond donors (Lipinski definition) is 0. The zero-order valence-electron chi connectivity index (χ0n) is 10.2. The highest BCUT2D eigenvalue weighted by Crippen LogP contribution is 2.22. The number of rotatable bonds is 6. The summed E-state index contributed by atoms with van der Waals surface area (Å²) in [7, 11) is 1.59. The van der Waals surface area contributed by atoms with Gasteiger partial charge in [0.25, 0.3) is 9.05 Å². The van der Waals surface area contributed by atoms with Crippen molar-refractivity contribution in [1.29, 1.82) is 0 Å². The summed E-state index contributed by atoms with van der Waals surface area (Å²) in [5.74, 6) is 0. The van der Waals surface area contributed by atoms with Gasteiger partial charge in [-0.15, -0.1) is 0 Å². The molecule has 0 fully saturated rings. The van der Waals surface area contributed by atoms with E-state index in [-0.39, 0.29) is 17.5 Å². The molecule has 0 spiro atoms. The van der Waals surface area contributed by atoms with Gasteiger partial charge in [-0.25, -0.2) is 8.42 Å². The quantitative estimate of drug-likeness (QED) is 0.750. The topological polar surface area (TPSA) is 61.2 Å². The van der Waals surface area contributed by atoms with E-state index in [1.54, 1.807) is 4.68 Å². The Labute approximate surface area is 106 Å². The van der Waals surface area contributed by atoms with E-state index in [9.17, 15) is 8.42 Å². The Hall–Kier alpha value is -0.590. The van der Waals surface area contributed by atoms with Gasteiger partial charge < -0.3 is 4.74 Å². The van der Waals surface area contributed by atoms with Gasteiger partial charge in [-0.1, -0.05) is 6.92 Å². The third kappa shape index (κ3) is 3.69. The van der Waals surface area contributed by atoms with Crippen LogP contribution in [0.25, 0.3) is 0 Å². The lowest BCUT2D eigenvalue weighted by molar-refractivity contribution is 0.129. The molecule has 17 heavy (non-hydrogen) atoms. The minimum atomic E-state index is -3.78. The molecule has 0 radical (unpaired) electrons. The van der Waals surface area contributed by atoms with Gasteiger partial charge in [0.2, 0.25) is 0 Å². The van der Waals surface area contributed by atoms with Crippen molar-refractivity contribution in [3.05, 3.63) is 11.9 Å². The maximum Gasteiger partial charge on any atom is 0.264 e. The number of nitrogens with zero attached hydrogens (tertiary/aromatic N) is 2. The maximum absolute atomic E-state index is 11.4. The molecule has 1 heterocycles. The molecule has 0 aliphatic rings. The molecule has 0 unspecified atom stereocenters. The minimum absolute atomic E-state index is 0.0351. The normalized spacial score (nSPS) is 13.9. The molecule has 0 N–H and O–H groups in total. The van der Waals surface area contributed by atoms with Crippen LogP contribution in [0.3, 0.4) is 0 Å². The highest BCUT2D eigenvalue weighted by molar-refractivity contribution is 8.13. The molecule has 1 rings (SSSR count). The molecule has 7 heteroatoms. The fourth-order valence-electron chi connectivity index (χ4n) is 1.33. The van der Waals surface area contributed by atoms with Crippen molar-refractivity contribution in [2.45, 2.75) is 44.7 Å². The number of ether oxygens (including phenoxy) is 1. The fourth-order valence-corrected chi connectivity index (χ4v) is 2.33. The summed E-state index contributed by atoms with van der Waals surface area (Å²) in [5, 5.41) is 4.21. The summed E-state index contributed by atoms with van der Waals surface area (Å²) >= 11 is 0. The van der Waals surface area contributed by atoms with Crippen LogP contribution >= 0.6 is 10.7 Å². The molecule has 1 atom stereocenters. The molecule has 5 nitrogen and oxygen atoms in total. The molecule has 0 aromatic carbocycles. The van der Waals surface area contributed by atoms with Crippen LogP contribution in [0.4, 0.5) is 0 Å². The monoisotopic (exact) mass is 280 g/mol. The van der Waals surface area contributed by atoms with Crippen LogP contribution in [-0.2, 0) is 20.4 Å². The predicted molar refractivity (Wildman–Crippen MR) is 65.6 cm³/mol. The van der Waals surface area contributed by atoms with Crippen LogP contribution in [0.5, 0.6) is 0 Å². The maximum atomic E-state index is 11.4. The lowest BCUT2D eigenvalue weighted by Crippen LogP contribution is -2.05. The van der Waals surface area contributed by atoms with Gasteiger partial charge in [-0.2, -0.15) is 5.10 Å². The standard InChI is InChI=1S/C10H17ClN2O3S/c1-4-8(3)13-6-10(17(11,14)15)9(12-13)7-16-5-2/h6,8H,4-5,7H2,1-3H3/t8-/m0/s1. The summed E-state index contributed by atoms with van der Waals surface area (Å²) < 4.78 is 29.6. The average molecular weight is 281 g/mol. The highest BCUT2D eigenvalue weighted by atomic mass is 35.7. The van der Waals surface area contributed by atoms with Gasteiger partial charge >= 0.3 is 0 Å². The van der Waals surface area contributed by atoms with E-state index in [1.165, 1.54) is 6.20 Å². The van der Waals surface area contributed by atoms with Crippen LogP contribution in [0.2, 0.25) is 0 Å². The molecule has 0 bridgehead atoms. The van der Waals surface area contributed by atoms with Gasteiger partial charge in [0.15, 0.2) is 0 Å². The average Bonchev–Trinajstić information content (AvgIpc) is 2.69. The Morgan fingerprint density at radius 1 is 1.53 bits per heavy atom. The Morgan fingerprint density at radius 2 is 2.18 bits per heavy atom. The van der Waals surface area contributed by atoms with E-state index in [1.807, 2.05) is 20.8 Å². The van der Waals surface area contributed by atoms with Crippen molar-refractivity contribution < 1.29 is 13.2 Å². The minimum Gasteiger partial charge on any atom is -0.375 e. The zero-order valence-corrected chi connectivity index (χ0v) is 11.8. The number of aromatic nitrogens is 2. The smallest absolute Gasteiger partial charge is 0.264 e. The zero-order chi connectivity index (χ0) is 13.1. The predicted octanol–water partition coefficient (Wildman–Crippen LogP) is 2.32. The van der Waals surface area contributed by atoms with Crippen molar-refractivity contribution >= 4 is 19.7 Å². The SMILES string of the molecule is CCOCc1nn([C@@H](C)CC)cc1S(=O)(=O)Cl. The second-order valence-electron chi connectivity index (χ2n) is 3.75. The van der Waals surface area contributed by atoms with Crippen molar-refractivity contribution in [3.63, 3.8) is 0 Å². The van der Waals surface area contributed by atoms with Gasteiger partial charge in [0, 0.05) is 29.5 Å². The van der Waals surface area contributed by atoms with Gasteiger partial charge in [0.1, 0.15) is 10.6 Å². The lowest BCUT2D eigenvalue weighted by atomic mass is 10.3. The van der Waals surface area contributed by atoms with E-state index in [2.05, 4.69) is 5.10 Å². The van der Waals surface area contributed by atoms with Crippen LogP contribution in [0.15, 0.2) is 11.1 Å². The van der Waals surface area contributed by atoms with Gasteiger partial charge in [-0.3, -0.25) is 4.68 Å². The Morgan fingerprint density at radius 3 is 2.65 bits per heavy atom. The number of hydrogen-bond acceptors (Lipinski definition) is 4. The first-order valence-electron chi connectivity index (χ1n) is 5.50. The van der Waals surface area contributed by atoms with Crippen LogP contribution in [0, 0.1) is 0 Å². The second-order valence-corrected chi connectivity index (χ2v) is 6.29. The van der Waals surface area contributed by atoms with Crippen LogP contribution < -0.4 is 0 Å². The Bertz CT molecular complexity index is 470. The summed E-state index contributed by atoms with van der Waals surface area (Å²) in [4.78, 5) is 0.0351. The summed E-state index contributed by atoms with van der Waals surface area (Å²) in [6, 6.07) is 0.127. The Kier molecular flexibility index (Phi) is 4.97. The molecule has 0 aliphatic heterocycles. The lowest BCUT2D eigenvalue weighted by Gasteiger charge is -2.07. The third-order valence-corrected chi connectivity index (χ3v) is 3.88. The second kappa shape index (κ2) is 5.84. The molecule has 0 saturated carbocycles. The molecule has 0 amide bonds. The van der Waals surface area contributed by atoms with Crippen LogP contribution in [-0.4, -0.2) is 24.8 Å². The number of halogens is 1. The summed E-state index contributed by atoms with van der Waals surface area (Å²) in [6.45, 7) is 6.45. The van der Waals surface area contributed by atoms with E-state index >= 15 is 0 Å². The van der Waals surface area contributed by atoms with E-state index in [0.717, 1.165) is 6.42 Å². The molecule has 1 aromatic rings. The first-order chi connectivity index (χ1) is 7.90. The molecule has 0 aliphatic carbocycles. The molecule has 98 valence electrons. The van der Waals surface area contributed by atoms with E-state index in [4.69, 9.17) is 15.4 Å². The van der Waals surface area contributed by atoms with Crippen molar-refractivity contribution in [2.75, 3.05) is 6.61 Å². The van der Waals surface area contributed by atoms with Crippen LogP contribution in [0.1, 0.15) is 38.9 Å². The van der Waals surface area contributed by atoms with E-state index < -0.39 is 9.05 Å². The first kappa shape index (κ1) is 14.5. The fraction of sp³-hybridized carbons (Fsp3) is 0.700. The largest absolute Gasteiger partial charge is 0.375 e. The van der Waals surface area contributed by atoms with Crippen molar-refractivity contribution in [1.82, 2.24) is 9.78 Å². The van der Waals surface area contributed by atoms with Crippen molar-refractivity contribution in [3.8, 4) is 0 Å². The van der Waals surface area contributed by atoms with Gasteiger partial charge in [0.05, 0.1) is 6.61 Å². The molecular formula is C10H17ClN2O3S. The summed E-state index contributed by atoms with van der Waals surface area (Å²) in [6.07, 6.45) is 2.32.